The molecule has 1 aromatic carbocycles. The molecule has 136 valence electrons. The first-order chi connectivity index (χ1) is 12.1. The molecule has 1 aromatic heterocycles. The van der Waals surface area contributed by atoms with Crippen molar-refractivity contribution < 1.29 is 9.13 Å². The van der Waals surface area contributed by atoms with Crippen LogP contribution in [0.3, 0.4) is 0 Å². The molecule has 0 spiro atoms. The number of hydrogen-bond acceptors (Lipinski definition) is 4. The Kier molecular flexibility index (Phi) is 7.66. The number of hydrogen-bond donors (Lipinski definition) is 2. The van der Waals surface area contributed by atoms with Crippen LogP contribution in [0.4, 0.5) is 4.39 Å². The van der Waals surface area contributed by atoms with Gasteiger partial charge in [-0.05, 0) is 25.5 Å². The number of aliphatic imine (C=N–C) groups is 1. The van der Waals surface area contributed by atoms with Crippen LogP contribution in [0, 0.1) is 12.7 Å². The topological polar surface area (TPSA) is 58.5 Å². The van der Waals surface area contributed by atoms with Gasteiger partial charge in [0.05, 0.1) is 11.6 Å². The van der Waals surface area contributed by atoms with Gasteiger partial charge < -0.3 is 15.4 Å². The van der Waals surface area contributed by atoms with Crippen molar-refractivity contribution in [3.63, 3.8) is 0 Å². The summed E-state index contributed by atoms with van der Waals surface area (Å²) in [6.45, 7) is 5.43. The fourth-order valence-electron chi connectivity index (χ4n) is 2.24. The van der Waals surface area contributed by atoms with E-state index >= 15 is 0 Å². The maximum absolute atomic E-state index is 13.2. The van der Waals surface area contributed by atoms with E-state index in [1.807, 2.05) is 13.1 Å². The fraction of sp³-hybridized carbons (Fsp3) is 0.444. The Bertz CT molecular complexity index is 689. The van der Waals surface area contributed by atoms with Crippen molar-refractivity contribution in [3.05, 3.63) is 46.2 Å². The highest BCUT2D eigenvalue weighted by Gasteiger charge is 2.10. The second-order valence-corrected chi connectivity index (χ2v) is 6.92. The zero-order valence-electron chi connectivity index (χ0n) is 14.9. The number of ether oxygens (including phenoxy) is 1. The van der Waals surface area contributed by atoms with Crippen LogP contribution in [-0.4, -0.2) is 37.2 Å². The molecule has 1 heterocycles. The maximum atomic E-state index is 13.2. The molecule has 2 aromatic rings. The highest BCUT2D eigenvalue weighted by molar-refractivity contribution is 7.11. The third-order valence-electron chi connectivity index (χ3n) is 3.58. The lowest BCUT2D eigenvalue weighted by molar-refractivity contribution is 0.199. The lowest BCUT2D eigenvalue weighted by atomic mass is 10.2. The summed E-state index contributed by atoms with van der Waals surface area (Å²) < 4.78 is 19.1. The number of thiazole rings is 1. The number of rotatable bonds is 8. The molecule has 25 heavy (non-hydrogen) atoms. The normalized spacial score (nSPS) is 12.7. The van der Waals surface area contributed by atoms with E-state index in [4.69, 9.17) is 4.74 Å². The summed E-state index contributed by atoms with van der Waals surface area (Å²) in [4.78, 5) is 9.78. The summed E-state index contributed by atoms with van der Waals surface area (Å²) in [6, 6.07) is 6.20. The van der Waals surface area contributed by atoms with Gasteiger partial charge in [0.2, 0.25) is 0 Å². The smallest absolute Gasteiger partial charge is 0.191 e. The molecule has 0 fully saturated rings. The predicted molar refractivity (Wildman–Crippen MR) is 101 cm³/mol. The highest BCUT2D eigenvalue weighted by Crippen LogP contribution is 2.14. The molecule has 1 unspecified atom stereocenters. The Labute approximate surface area is 152 Å². The average Bonchev–Trinajstić information content (AvgIpc) is 3.02. The Morgan fingerprint density at radius 3 is 2.88 bits per heavy atom. The largest absolute Gasteiger partial charge is 0.489 e. The van der Waals surface area contributed by atoms with Crippen molar-refractivity contribution in [2.75, 3.05) is 20.1 Å². The number of aryl methyl sites for hydroxylation is 1. The van der Waals surface area contributed by atoms with Crippen LogP contribution in [0.25, 0.3) is 0 Å². The van der Waals surface area contributed by atoms with Gasteiger partial charge in [0.1, 0.15) is 17.7 Å². The number of halogens is 1. The second kappa shape index (κ2) is 9.98. The van der Waals surface area contributed by atoms with Gasteiger partial charge in [-0.1, -0.05) is 13.0 Å². The monoisotopic (exact) mass is 364 g/mol. The molecular weight excluding hydrogens is 339 g/mol. The first-order valence-corrected chi connectivity index (χ1v) is 9.20. The first-order valence-electron chi connectivity index (χ1n) is 8.38. The fourth-order valence-corrected chi connectivity index (χ4v) is 3.02. The van der Waals surface area contributed by atoms with E-state index in [-0.39, 0.29) is 11.9 Å². The predicted octanol–water partition coefficient (Wildman–Crippen LogP) is 3.16. The molecule has 2 rings (SSSR count). The highest BCUT2D eigenvalue weighted by atomic mass is 32.1. The van der Waals surface area contributed by atoms with Gasteiger partial charge in [-0.15, -0.1) is 11.3 Å². The van der Waals surface area contributed by atoms with Gasteiger partial charge in [-0.3, -0.25) is 4.99 Å². The van der Waals surface area contributed by atoms with E-state index in [1.165, 1.54) is 17.0 Å². The maximum Gasteiger partial charge on any atom is 0.191 e. The third kappa shape index (κ3) is 6.70. The van der Waals surface area contributed by atoms with Gasteiger partial charge in [0.25, 0.3) is 0 Å². The van der Waals surface area contributed by atoms with E-state index < -0.39 is 0 Å². The van der Waals surface area contributed by atoms with Crippen molar-refractivity contribution in [1.82, 2.24) is 15.6 Å². The minimum absolute atomic E-state index is 0.0676. The molecule has 0 radical (unpaired) electrons. The van der Waals surface area contributed by atoms with Gasteiger partial charge in [-0.25, -0.2) is 9.37 Å². The summed E-state index contributed by atoms with van der Waals surface area (Å²) >= 11 is 1.71. The molecule has 0 aliphatic carbocycles. The summed E-state index contributed by atoms with van der Waals surface area (Å²) in [7, 11) is 1.73. The number of benzene rings is 1. The summed E-state index contributed by atoms with van der Waals surface area (Å²) in [5, 5.41) is 7.63. The molecule has 2 N–H and O–H groups in total. The van der Waals surface area contributed by atoms with Crippen LogP contribution in [0.2, 0.25) is 0 Å². The van der Waals surface area contributed by atoms with Crippen molar-refractivity contribution in [1.29, 1.82) is 0 Å². The molecule has 1 atom stereocenters. The van der Waals surface area contributed by atoms with Crippen LogP contribution < -0.4 is 15.4 Å². The van der Waals surface area contributed by atoms with Gasteiger partial charge in [-0.2, -0.15) is 0 Å². The van der Waals surface area contributed by atoms with Gasteiger partial charge in [0, 0.05) is 37.2 Å². The quantitative estimate of drug-likeness (QED) is 0.558. The Balaban J connectivity index is 1.75. The van der Waals surface area contributed by atoms with Crippen molar-refractivity contribution >= 4 is 17.3 Å². The number of guanidine groups is 1. The van der Waals surface area contributed by atoms with Crippen LogP contribution in [0.1, 0.15) is 23.2 Å². The zero-order chi connectivity index (χ0) is 18.1. The molecule has 0 saturated carbocycles. The third-order valence-corrected chi connectivity index (χ3v) is 4.55. The number of aromatic nitrogens is 1. The van der Waals surface area contributed by atoms with Crippen LogP contribution in [0.15, 0.2) is 35.5 Å². The minimum atomic E-state index is -0.296. The van der Waals surface area contributed by atoms with E-state index in [0.29, 0.717) is 12.3 Å². The van der Waals surface area contributed by atoms with Crippen LogP contribution in [0.5, 0.6) is 5.75 Å². The minimum Gasteiger partial charge on any atom is -0.489 e. The van der Waals surface area contributed by atoms with E-state index in [1.54, 1.807) is 30.5 Å². The van der Waals surface area contributed by atoms with Crippen molar-refractivity contribution in [2.24, 2.45) is 4.99 Å². The van der Waals surface area contributed by atoms with E-state index in [0.717, 1.165) is 30.4 Å². The SMILES string of the molecule is CCC(CNC(=NC)NCCc1ncc(C)s1)Oc1cccc(F)c1. The van der Waals surface area contributed by atoms with E-state index in [2.05, 4.69) is 27.5 Å². The lowest BCUT2D eigenvalue weighted by Crippen LogP contribution is -2.43. The molecule has 0 amide bonds. The van der Waals surface area contributed by atoms with Gasteiger partial charge >= 0.3 is 0 Å². The van der Waals surface area contributed by atoms with Crippen LogP contribution in [-0.2, 0) is 6.42 Å². The summed E-state index contributed by atoms with van der Waals surface area (Å²) in [6.07, 6.45) is 3.49. The standard InChI is InChI=1S/C18H25FN4OS/c1-4-15(24-16-7-5-6-14(19)10-16)12-23-18(20-3)21-9-8-17-22-11-13(2)25-17/h5-7,10-11,15H,4,8-9,12H2,1-3H3,(H2,20,21,23). The Morgan fingerprint density at radius 1 is 1.40 bits per heavy atom. The molecular formula is C18H25FN4OS. The number of nitrogens with one attached hydrogen (secondary N) is 2. The molecule has 0 aliphatic heterocycles. The second-order valence-electron chi connectivity index (χ2n) is 5.60. The first kappa shape index (κ1) is 19.2. The summed E-state index contributed by atoms with van der Waals surface area (Å²) in [5.74, 6) is 0.959. The molecule has 0 aliphatic rings. The lowest BCUT2D eigenvalue weighted by Gasteiger charge is -2.20. The van der Waals surface area contributed by atoms with Crippen molar-refractivity contribution in [3.8, 4) is 5.75 Å². The van der Waals surface area contributed by atoms with Crippen LogP contribution >= 0.6 is 11.3 Å². The average molecular weight is 364 g/mol. The Hall–Kier alpha value is -2.15. The van der Waals surface area contributed by atoms with Gasteiger partial charge in [0.15, 0.2) is 5.96 Å². The molecule has 0 saturated heterocycles. The Morgan fingerprint density at radius 2 is 2.24 bits per heavy atom. The van der Waals surface area contributed by atoms with Crippen molar-refractivity contribution in [2.45, 2.75) is 32.8 Å². The molecule has 7 heteroatoms. The zero-order valence-corrected chi connectivity index (χ0v) is 15.7. The van der Waals surface area contributed by atoms with E-state index in [9.17, 15) is 4.39 Å². The molecule has 5 nitrogen and oxygen atoms in total. The molecule has 0 bridgehead atoms. The number of nitrogens with zero attached hydrogens (tertiary/aromatic N) is 2. The summed E-state index contributed by atoms with van der Waals surface area (Å²) in [5.41, 5.74) is 0.